The molecule has 0 aliphatic carbocycles. The Bertz CT molecular complexity index is 633. The standard InChI is InChI=1S/C17H24N2O3/c1-3-18(4-2)17(20)15-11-16-14(8-10-22-16)19(15)12-13-7-5-6-9-21-13/h8,10-11,13H,3-7,9,12H2,1-2H3. The van der Waals surface area contributed by atoms with Gasteiger partial charge < -0.3 is 18.6 Å². The summed E-state index contributed by atoms with van der Waals surface area (Å²) in [6, 6.07) is 3.79. The maximum atomic E-state index is 12.8. The largest absolute Gasteiger partial charge is 0.463 e. The first kappa shape index (κ1) is 15.2. The molecule has 1 aliphatic rings. The molecular weight excluding hydrogens is 280 g/mol. The molecule has 1 aliphatic heterocycles. The van der Waals surface area contributed by atoms with E-state index in [-0.39, 0.29) is 12.0 Å². The van der Waals surface area contributed by atoms with Gasteiger partial charge in [0.05, 0.1) is 17.9 Å². The fraction of sp³-hybridized carbons (Fsp3) is 0.588. The quantitative estimate of drug-likeness (QED) is 0.851. The number of furan rings is 1. The molecule has 0 spiro atoms. The molecule has 3 rings (SSSR count). The van der Waals surface area contributed by atoms with Crippen LogP contribution in [0.4, 0.5) is 0 Å². The maximum absolute atomic E-state index is 12.8. The molecule has 22 heavy (non-hydrogen) atoms. The highest BCUT2D eigenvalue weighted by atomic mass is 16.5. The SMILES string of the molecule is CCN(CC)C(=O)c1cc2occc2n1CC1CCCCO1. The molecule has 0 bridgehead atoms. The second kappa shape index (κ2) is 6.57. The number of nitrogens with zero attached hydrogens (tertiary/aromatic N) is 2. The third-order valence-corrected chi connectivity index (χ3v) is 4.45. The van der Waals surface area contributed by atoms with Gasteiger partial charge in [-0.2, -0.15) is 0 Å². The first-order chi connectivity index (χ1) is 10.7. The maximum Gasteiger partial charge on any atom is 0.270 e. The summed E-state index contributed by atoms with van der Waals surface area (Å²) >= 11 is 0. The van der Waals surface area contributed by atoms with Crippen LogP contribution < -0.4 is 0 Å². The molecule has 0 radical (unpaired) electrons. The molecule has 1 amide bonds. The summed E-state index contributed by atoms with van der Waals surface area (Å²) in [6.45, 7) is 6.96. The van der Waals surface area contributed by atoms with E-state index < -0.39 is 0 Å². The van der Waals surface area contributed by atoms with Crippen LogP contribution >= 0.6 is 0 Å². The van der Waals surface area contributed by atoms with Crippen molar-refractivity contribution in [1.82, 2.24) is 9.47 Å². The van der Waals surface area contributed by atoms with Crippen LogP contribution in [0.1, 0.15) is 43.6 Å². The Labute approximate surface area is 130 Å². The van der Waals surface area contributed by atoms with Crippen molar-refractivity contribution in [3.05, 3.63) is 24.1 Å². The molecule has 0 saturated carbocycles. The Kier molecular flexibility index (Phi) is 4.52. The van der Waals surface area contributed by atoms with Gasteiger partial charge in [0.25, 0.3) is 5.91 Å². The van der Waals surface area contributed by atoms with Crippen molar-refractivity contribution < 1.29 is 13.9 Å². The Morgan fingerprint density at radius 1 is 1.36 bits per heavy atom. The zero-order valence-corrected chi connectivity index (χ0v) is 13.4. The third-order valence-electron chi connectivity index (χ3n) is 4.45. The monoisotopic (exact) mass is 304 g/mol. The van der Waals surface area contributed by atoms with Crippen molar-refractivity contribution in [2.24, 2.45) is 0 Å². The highest BCUT2D eigenvalue weighted by Crippen LogP contribution is 2.25. The van der Waals surface area contributed by atoms with Gasteiger partial charge in [-0.1, -0.05) is 0 Å². The van der Waals surface area contributed by atoms with E-state index >= 15 is 0 Å². The Balaban J connectivity index is 1.93. The topological polar surface area (TPSA) is 47.6 Å². The minimum absolute atomic E-state index is 0.0622. The highest BCUT2D eigenvalue weighted by Gasteiger charge is 2.24. The molecule has 1 fully saturated rings. The Morgan fingerprint density at radius 3 is 2.86 bits per heavy atom. The number of carbonyl (C=O) groups excluding carboxylic acids is 1. The molecule has 1 unspecified atom stereocenters. The van der Waals surface area contributed by atoms with Crippen LogP contribution in [0.25, 0.3) is 11.1 Å². The van der Waals surface area contributed by atoms with Crippen molar-refractivity contribution in [3.63, 3.8) is 0 Å². The average Bonchev–Trinajstić information content (AvgIpc) is 3.12. The average molecular weight is 304 g/mol. The van der Waals surface area contributed by atoms with Crippen molar-refractivity contribution in [2.45, 2.75) is 45.8 Å². The van der Waals surface area contributed by atoms with E-state index in [4.69, 9.17) is 9.15 Å². The Morgan fingerprint density at radius 2 is 2.18 bits per heavy atom. The van der Waals surface area contributed by atoms with Gasteiger partial charge in [-0.05, 0) is 33.1 Å². The summed E-state index contributed by atoms with van der Waals surface area (Å²) in [7, 11) is 0. The highest BCUT2D eigenvalue weighted by molar-refractivity contribution is 5.97. The molecule has 1 saturated heterocycles. The lowest BCUT2D eigenvalue weighted by molar-refractivity contribution is 0.00622. The van der Waals surface area contributed by atoms with Gasteiger partial charge in [-0.15, -0.1) is 0 Å². The van der Waals surface area contributed by atoms with Crippen LogP contribution in [0.5, 0.6) is 0 Å². The summed E-state index contributed by atoms with van der Waals surface area (Å²) in [5.74, 6) is 0.0622. The van der Waals surface area contributed by atoms with Gasteiger partial charge in [0.15, 0.2) is 5.58 Å². The second-order valence-electron chi connectivity index (χ2n) is 5.78. The second-order valence-corrected chi connectivity index (χ2v) is 5.78. The molecule has 0 N–H and O–H groups in total. The van der Waals surface area contributed by atoms with E-state index in [1.54, 1.807) is 6.26 Å². The molecule has 2 aromatic rings. The normalized spacial score (nSPS) is 18.7. The number of amides is 1. The molecule has 5 nitrogen and oxygen atoms in total. The predicted molar refractivity (Wildman–Crippen MR) is 85.0 cm³/mol. The lowest BCUT2D eigenvalue weighted by Crippen LogP contribution is -2.33. The number of carbonyl (C=O) groups is 1. The van der Waals surface area contributed by atoms with Crippen molar-refractivity contribution in [1.29, 1.82) is 0 Å². The number of aromatic nitrogens is 1. The molecule has 120 valence electrons. The van der Waals surface area contributed by atoms with E-state index in [9.17, 15) is 4.79 Å². The van der Waals surface area contributed by atoms with E-state index in [1.807, 2.05) is 30.9 Å². The molecule has 3 heterocycles. The van der Waals surface area contributed by atoms with Crippen LogP contribution in [-0.4, -0.2) is 41.2 Å². The first-order valence-corrected chi connectivity index (χ1v) is 8.22. The molecule has 5 heteroatoms. The van der Waals surface area contributed by atoms with Crippen LogP contribution in [-0.2, 0) is 11.3 Å². The lowest BCUT2D eigenvalue weighted by atomic mass is 10.1. The van der Waals surface area contributed by atoms with E-state index in [2.05, 4.69) is 4.57 Å². The van der Waals surface area contributed by atoms with Gasteiger partial charge in [-0.3, -0.25) is 4.79 Å². The van der Waals surface area contributed by atoms with Crippen molar-refractivity contribution in [3.8, 4) is 0 Å². The molecular formula is C17H24N2O3. The van der Waals surface area contributed by atoms with E-state index in [0.29, 0.717) is 25.3 Å². The summed E-state index contributed by atoms with van der Waals surface area (Å²) in [5.41, 5.74) is 2.45. The zero-order chi connectivity index (χ0) is 15.5. The summed E-state index contributed by atoms with van der Waals surface area (Å²) in [6.07, 6.45) is 5.24. The van der Waals surface area contributed by atoms with Crippen LogP contribution in [0.3, 0.4) is 0 Å². The zero-order valence-electron chi connectivity index (χ0n) is 13.4. The number of rotatable bonds is 5. The van der Waals surface area contributed by atoms with Gasteiger partial charge in [0.1, 0.15) is 5.69 Å². The number of fused-ring (bicyclic) bond motifs is 1. The fourth-order valence-electron chi connectivity index (χ4n) is 3.18. The number of hydrogen-bond acceptors (Lipinski definition) is 3. The Hall–Kier alpha value is -1.75. The predicted octanol–water partition coefficient (Wildman–Crippen LogP) is 3.29. The van der Waals surface area contributed by atoms with E-state index in [0.717, 1.165) is 30.5 Å². The minimum atomic E-state index is 0.0622. The molecule has 0 aromatic carbocycles. The summed E-state index contributed by atoms with van der Waals surface area (Å²) in [4.78, 5) is 14.6. The van der Waals surface area contributed by atoms with Crippen LogP contribution in [0.15, 0.2) is 22.8 Å². The summed E-state index contributed by atoms with van der Waals surface area (Å²) in [5, 5.41) is 0. The van der Waals surface area contributed by atoms with Gasteiger partial charge in [0, 0.05) is 38.4 Å². The van der Waals surface area contributed by atoms with Crippen molar-refractivity contribution >= 4 is 17.0 Å². The van der Waals surface area contributed by atoms with Gasteiger partial charge in [-0.25, -0.2) is 0 Å². The van der Waals surface area contributed by atoms with Crippen LogP contribution in [0.2, 0.25) is 0 Å². The van der Waals surface area contributed by atoms with E-state index in [1.165, 1.54) is 6.42 Å². The fourth-order valence-corrected chi connectivity index (χ4v) is 3.18. The molecule has 1 atom stereocenters. The first-order valence-electron chi connectivity index (χ1n) is 8.22. The van der Waals surface area contributed by atoms with Crippen LogP contribution in [0, 0.1) is 0 Å². The lowest BCUT2D eigenvalue weighted by Gasteiger charge is -2.25. The smallest absolute Gasteiger partial charge is 0.270 e. The number of ether oxygens (including phenoxy) is 1. The van der Waals surface area contributed by atoms with Crippen molar-refractivity contribution in [2.75, 3.05) is 19.7 Å². The molecule has 2 aromatic heterocycles. The van der Waals surface area contributed by atoms with Gasteiger partial charge in [0.2, 0.25) is 0 Å². The number of hydrogen-bond donors (Lipinski definition) is 0. The van der Waals surface area contributed by atoms with Gasteiger partial charge >= 0.3 is 0 Å². The third kappa shape index (κ3) is 2.77. The summed E-state index contributed by atoms with van der Waals surface area (Å²) < 4.78 is 13.4. The minimum Gasteiger partial charge on any atom is -0.463 e.